The molecule has 22 heavy (non-hydrogen) atoms. The molecule has 0 aliphatic carbocycles. The Morgan fingerprint density at radius 3 is 2.64 bits per heavy atom. The highest BCUT2D eigenvalue weighted by atomic mass is 16.5. The summed E-state index contributed by atoms with van der Waals surface area (Å²) in [6.07, 6.45) is 1.07. The molecule has 1 unspecified atom stereocenters. The molecule has 1 saturated heterocycles. The first kappa shape index (κ1) is 15.2. The summed E-state index contributed by atoms with van der Waals surface area (Å²) in [5.74, 6) is 1.25. The van der Waals surface area contributed by atoms with Crippen LogP contribution in [0.3, 0.4) is 0 Å². The van der Waals surface area contributed by atoms with Crippen molar-refractivity contribution in [2.45, 2.75) is 45.8 Å². The molecule has 1 aromatic heterocycles. The third-order valence-electron chi connectivity index (χ3n) is 4.12. The zero-order valence-electron chi connectivity index (χ0n) is 13.5. The van der Waals surface area contributed by atoms with Gasteiger partial charge in [-0.15, -0.1) is 10.2 Å². The van der Waals surface area contributed by atoms with Gasteiger partial charge in [-0.25, -0.2) is 0 Å². The van der Waals surface area contributed by atoms with Crippen LogP contribution in [-0.2, 0) is 11.3 Å². The smallest absolute Gasteiger partial charge is 0.247 e. The van der Waals surface area contributed by atoms with E-state index < -0.39 is 0 Å². The minimum atomic E-state index is 0.418. The van der Waals surface area contributed by atoms with Gasteiger partial charge in [-0.2, -0.15) is 0 Å². The third kappa shape index (κ3) is 3.36. The number of nitrogens with zero attached hydrogens (tertiary/aromatic N) is 3. The maximum Gasteiger partial charge on any atom is 0.247 e. The monoisotopic (exact) mass is 301 g/mol. The summed E-state index contributed by atoms with van der Waals surface area (Å²) in [7, 11) is 0. The van der Waals surface area contributed by atoms with Gasteiger partial charge in [-0.1, -0.05) is 17.7 Å². The summed E-state index contributed by atoms with van der Waals surface area (Å²) in [6, 6.07) is 8.98. The van der Waals surface area contributed by atoms with Crippen molar-refractivity contribution < 1.29 is 9.15 Å². The lowest BCUT2D eigenvalue weighted by Crippen LogP contribution is -2.40. The second-order valence-electron chi connectivity index (χ2n) is 6.15. The summed E-state index contributed by atoms with van der Waals surface area (Å²) in [6.45, 7) is 8.74. The van der Waals surface area contributed by atoms with Crippen molar-refractivity contribution in [3.8, 4) is 11.5 Å². The molecule has 118 valence electrons. The molecule has 5 heteroatoms. The Bertz CT molecular complexity index is 601. The van der Waals surface area contributed by atoms with E-state index in [0.29, 0.717) is 30.4 Å². The molecular formula is C17H23N3O2. The highest BCUT2D eigenvalue weighted by molar-refractivity contribution is 5.52. The van der Waals surface area contributed by atoms with E-state index in [1.807, 2.05) is 12.1 Å². The highest BCUT2D eigenvalue weighted by Gasteiger charge is 2.27. The molecule has 0 N–H and O–H groups in total. The molecule has 5 nitrogen and oxygen atoms in total. The molecule has 0 amide bonds. The average Bonchev–Trinajstić information content (AvgIpc) is 3.17. The summed E-state index contributed by atoms with van der Waals surface area (Å²) in [4.78, 5) is 2.37. The Balaban J connectivity index is 1.73. The highest BCUT2D eigenvalue weighted by Crippen LogP contribution is 2.22. The third-order valence-corrected chi connectivity index (χ3v) is 4.12. The van der Waals surface area contributed by atoms with E-state index in [2.05, 4.69) is 48.0 Å². The summed E-state index contributed by atoms with van der Waals surface area (Å²) in [5.41, 5.74) is 2.18. The first-order valence-electron chi connectivity index (χ1n) is 7.86. The predicted molar refractivity (Wildman–Crippen MR) is 84.4 cm³/mol. The largest absolute Gasteiger partial charge is 0.419 e. The van der Waals surface area contributed by atoms with Crippen molar-refractivity contribution in [1.82, 2.24) is 15.1 Å². The van der Waals surface area contributed by atoms with Crippen molar-refractivity contribution in [1.29, 1.82) is 0 Å². The van der Waals surface area contributed by atoms with Crippen LogP contribution in [0.2, 0.25) is 0 Å². The van der Waals surface area contributed by atoms with E-state index in [-0.39, 0.29) is 0 Å². The first-order valence-corrected chi connectivity index (χ1v) is 7.86. The van der Waals surface area contributed by atoms with Gasteiger partial charge in [0.05, 0.1) is 13.2 Å². The molecule has 0 saturated carbocycles. The van der Waals surface area contributed by atoms with Crippen LogP contribution in [0.15, 0.2) is 28.7 Å². The Labute approximate surface area is 131 Å². The second-order valence-corrected chi connectivity index (χ2v) is 6.15. The number of ether oxygens (including phenoxy) is 1. The van der Waals surface area contributed by atoms with Gasteiger partial charge in [0.15, 0.2) is 0 Å². The van der Waals surface area contributed by atoms with Gasteiger partial charge in [-0.3, -0.25) is 4.90 Å². The van der Waals surface area contributed by atoms with E-state index in [1.54, 1.807) is 0 Å². The maximum absolute atomic E-state index is 5.85. The first-order chi connectivity index (χ1) is 10.6. The van der Waals surface area contributed by atoms with Crippen molar-refractivity contribution in [2.24, 2.45) is 0 Å². The van der Waals surface area contributed by atoms with E-state index in [1.165, 1.54) is 5.56 Å². The quantitative estimate of drug-likeness (QED) is 0.849. The zero-order valence-corrected chi connectivity index (χ0v) is 13.5. The Morgan fingerprint density at radius 2 is 2.00 bits per heavy atom. The lowest BCUT2D eigenvalue weighted by molar-refractivity contribution is 0.106. The van der Waals surface area contributed by atoms with Gasteiger partial charge < -0.3 is 9.15 Å². The van der Waals surface area contributed by atoms with Crippen LogP contribution in [0.4, 0.5) is 0 Å². The van der Waals surface area contributed by atoms with Crippen molar-refractivity contribution >= 4 is 0 Å². The number of benzene rings is 1. The minimum absolute atomic E-state index is 0.418. The topological polar surface area (TPSA) is 51.4 Å². The van der Waals surface area contributed by atoms with Crippen LogP contribution in [0.25, 0.3) is 11.5 Å². The molecule has 1 aliphatic heterocycles. The Hall–Kier alpha value is -1.72. The summed E-state index contributed by atoms with van der Waals surface area (Å²) < 4.78 is 11.3. The molecule has 1 aromatic carbocycles. The molecule has 0 radical (unpaired) electrons. The van der Waals surface area contributed by atoms with Gasteiger partial charge in [0.1, 0.15) is 0 Å². The predicted octanol–water partition coefficient (Wildman–Crippen LogP) is 3.04. The fourth-order valence-electron chi connectivity index (χ4n) is 2.80. The molecule has 2 heterocycles. The number of hydrogen-bond donors (Lipinski definition) is 0. The van der Waals surface area contributed by atoms with Crippen molar-refractivity contribution in [3.63, 3.8) is 0 Å². The van der Waals surface area contributed by atoms with Crippen molar-refractivity contribution in [3.05, 3.63) is 35.7 Å². The van der Waals surface area contributed by atoms with Crippen LogP contribution < -0.4 is 0 Å². The number of rotatable bonds is 5. The van der Waals surface area contributed by atoms with Gasteiger partial charge in [0, 0.05) is 24.3 Å². The average molecular weight is 301 g/mol. The van der Waals surface area contributed by atoms with Gasteiger partial charge in [0.25, 0.3) is 0 Å². The molecule has 1 fully saturated rings. The van der Waals surface area contributed by atoms with E-state index >= 15 is 0 Å². The molecule has 3 rings (SSSR count). The Morgan fingerprint density at radius 1 is 1.23 bits per heavy atom. The van der Waals surface area contributed by atoms with E-state index in [0.717, 1.165) is 25.2 Å². The van der Waals surface area contributed by atoms with E-state index in [4.69, 9.17) is 9.15 Å². The molecule has 1 aliphatic rings. The molecule has 0 bridgehead atoms. The van der Waals surface area contributed by atoms with Crippen LogP contribution in [0.5, 0.6) is 0 Å². The SMILES string of the molecule is Cc1ccc(-c2nnc(CN(C(C)C)C3CCOC3)o2)cc1. The van der Waals surface area contributed by atoms with Crippen molar-refractivity contribution in [2.75, 3.05) is 13.2 Å². The fraction of sp³-hybridized carbons (Fsp3) is 0.529. The molecule has 1 atom stereocenters. The lowest BCUT2D eigenvalue weighted by Gasteiger charge is -2.30. The van der Waals surface area contributed by atoms with E-state index in [9.17, 15) is 0 Å². The second kappa shape index (κ2) is 6.58. The van der Waals surface area contributed by atoms with Crippen LogP contribution >= 0.6 is 0 Å². The standard InChI is InChI=1S/C17H23N3O2/c1-12(2)20(15-8-9-21-11-15)10-16-18-19-17(22-16)14-6-4-13(3)5-7-14/h4-7,12,15H,8-11H2,1-3H3. The number of hydrogen-bond acceptors (Lipinski definition) is 5. The van der Waals surface area contributed by atoms with Crippen LogP contribution in [0, 0.1) is 6.92 Å². The van der Waals surface area contributed by atoms with Crippen LogP contribution in [0.1, 0.15) is 31.7 Å². The Kier molecular flexibility index (Phi) is 4.55. The fourth-order valence-corrected chi connectivity index (χ4v) is 2.80. The summed E-state index contributed by atoms with van der Waals surface area (Å²) >= 11 is 0. The minimum Gasteiger partial charge on any atom is -0.419 e. The lowest BCUT2D eigenvalue weighted by atomic mass is 10.1. The summed E-state index contributed by atoms with van der Waals surface area (Å²) in [5, 5.41) is 8.39. The zero-order chi connectivity index (χ0) is 15.5. The number of aromatic nitrogens is 2. The molecule has 2 aromatic rings. The molecular weight excluding hydrogens is 278 g/mol. The van der Waals surface area contributed by atoms with Gasteiger partial charge >= 0.3 is 0 Å². The van der Waals surface area contributed by atoms with Crippen LogP contribution in [-0.4, -0.2) is 40.4 Å². The van der Waals surface area contributed by atoms with Gasteiger partial charge in [0.2, 0.25) is 11.8 Å². The van der Waals surface area contributed by atoms with Gasteiger partial charge in [-0.05, 0) is 39.3 Å². The maximum atomic E-state index is 5.85. The normalized spacial score (nSPS) is 18.5. The molecule has 0 spiro atoms. The number of aryl methyl sites for hydroxylation is 1.